The molecule has 7 nitrogen and oxygen atoms in total. The highest BCUT2D eigenvalue weighted by Crippen LogP contribution is 2.24. The maximum absolute atomic E-state index is 12.4. The van der Waals surface area contributed by atoms with Gasteiger partial charge in [-0.3, -0.25) is 19.4 Å². The number of hydrazine groups is 1. The molecule has 1 atom stereocenters. The van der Waals surface area contributed by atoms with Crippen LogP contribution in [0.3, 0.4) is 0 Å². The number of aromatic nitrogens is 1. The van der Waals surface area contributed by atoms with Gasteiger partial charge in [-0.25, -0.2) is 9.99 Å². The van der Waals surface area contributed by atoms with E-state index < -0.39 is 5.92 Å². The summed E-state index contributed by atoms with van der Waals surface area (Å²) in [6, 6.07) is 4.03. The minimum Gasteiger partial charge on any atom is -0.370 e. The van der Waals surface area contributed by atoms with Gasteiger partial charge < -0.3 is 5.32 Å². The molecule has 2 aliphatic rings. The van der Waals surface area contributed by atoms with Gasteiger partial charge in [-0.1, -0.05) is 6.07 Å². The predicted molar refractivity (Wildman–Crippen MR) is 88.0 cm³/mol. The molecule has 1 aromatic rings. The molecule has 128 valence electrons. The number of pyridine rings is 1. The fraction of sp³-hybridized carbons (Fsp3) is 0.529. The van der Waals surface area contributed by atoms with E-state index in [4.69, 9.17) is 0 Å². The standard InChI is InChI=1S/C17H22N4O3/c1-11(22)10-21-17(24)14(16(23)20(21)2)8-7-13-6-5-12-4-3-9-18-15(12)19-13/h5-6,14H,3-4,7-10H2,1-2H3,(H,18,19). The number of carbonyl (C=O) groups is 3. The highest BCUT2D eigenvalue weighted by atomic mass is 16.2. The van der Waals surface area contributed by atoms with E-state index in [0.717, 1.165) is 30.9 Å². The molecule has 0 radical (unpaired) electrons. The molecule has 0 aliphatic carbocycles. The quantitative estimate of drug-likeness (QED) is 0.807. The van der Waals surface area contributed by atoms with Gasteiger partial charge in [-0.15, -0.1) is 0 Å². The van der Waals surface area contributed by atoms with Gasteiger partial charge in [0.05, 0.1) is 0 Å². The molecule has 3 rings (SSSR count). The average molecular weight is 330 g/mol. The lowest BCUT2D eigenvalue weighted by molar-refractivity contribution is -0.146. The number of fused-ring (bicyclic) bond motifs is 1. The van der Waals surface area contributed by atoms with E-state index in [2.05, 4.69) is 16.4 Å². The first-order valence-electron chi connectivity index (χ1n) is 8.28. The van der Waals surface area contributed by atoms with Crippen molar-refractivity contribution in [1.29, 1.82) is 0 Å². The van der Waals surface area contributed by atoms with Crippen molar-refractivity contribution in [2.45, 2.75) is 32.6 Å². The first-order valence-corrected chi connectivity index (χ1v) is 8.28. The number of hydrogen-bond acceptors (Lipinski definition) is 5. The summed E-state index contributed by atoms with van der Waals surface area (Å²) in [5.74, 6) is -0.504. The van der Waals surface area contributed by atoms with E-state index in [-0.39, 0.29) is 24.1 Å². The summed E-state index contributed by atoms with van der Waals surface area (Å²) < 4.78 is 0. The summed E-state index contributed by atoms with van der Waals surface area (Å²) in [5.41, 5.74) is 2.09. The molecule has 24 heavy (non-hydrogen) atoms. The number of nitrogens with one attached hydrogen (secondary N) is 1. The third kappa shape index (κ3) is 3.11. The Balaban J connectivity index is 1.67. The molecular formula is C17H22N4O3. The van der Waals surface area contributed by atoms with Crippen molar-refractivity contribution in [2.75, 3.05) is 25.5 Å². The fourth-order valence-electron chi connectivity index (χ4n) is 3.22. The number of rotatable bonds is 5. The molecular weight excluding hydrogens is 308 g/mol. The first-order chi connectivity index (χ1) is 11.5. The van der Waals surface area contributed by atoms with Crippen molar-refractivity contribution in [3.63, 3.8) is 0 Å². The number of hydrogen-bond donors (Lipinski definition) is 1. The Morgan fingerprint density at radius 1 is 1.33 bits per heavy atom. The minimum atomic E-state index is -0.722. The third-order valence-electron chi connectivity index (χ3n) is 4.55. The van der Waals surface area contributed by atoms with Gasteiger partial charge in [-0.05, 0) is 44.2 Å². The number of aryl methyl sites for hydroxylation is 2. The van der Waals surface area contributed by atoms with Crippen LogP contribution in [0.25, 0.3) is 0 Å². The number of ketones is 1. The molecule has 0 saturated carbocycles. The fourth-order valence-corrected chi connectivity index (χ4v) is 3.22. The second kappa shape index (κ2) is 6.59. The highest BCUT2D eigenvalue weighted by Gasteiger charge is 2.43. The van der Waals surface area contributed by atoms with Crippen LogP contribution in [0.15, 0.2) is 12.1 Å². The van der Waals surface area contributed by atoms with Crippen molar-refractivity contribution >= 4 is 23.4 Å². The van der Waals surface area contributed by atoms with Gasteiger partial charge in [0, 0.05) is 19.3 Å². The van der Waals surface area contributed by atoms with Crippen LogP contribution in [0.2, 0.25) is 0 Å². The molecule has 2 amide bonds. The number of Topliss-reactive ketones (excluding diaryl/α,β-unsaturated/α-hetero) is 1. The van der Waals surface area contributed by atoms with Crippen LogP contribution in [0.5, 0.6) is 0 Å². The smallest absolute Gasteiger partial charge is 0.254 e. The lowest BCUT2D eigenvalue weighted by Crippen LogP contribution is -2.40. The topological polar surface area (TPSA) is 82.6 Å². The first kappa shape index (κ1) is 16.4. The van der Waals surface area contributed by atoms with Crippen LogP contribution >= 0.6 is 0 Å². The van der Waals surface area contributed by atoms with Gasteiger partial charge in [0.15, 0.2) is 5.78 Å². The van der Waals surface area contributed by atoms with Crippen molar-refractivity contribution in [2.24, 2.45) is 5.92 Å². The van der Waals surface area contributed by atoms with Crippen LogP contribution in [0.1, 0.15) is 31.0 Å². The molecule has 1 N–H and O–H groups in total. The number of carbonyl (C=O) groups excluding carboxylic acids is 3. The molecule has 7 heteroatoms. The number of anilines is 1. The van der Waals surface area contributed by atoms with Gasteiger partial charge >= 0.3 is 0 Å². The molecule has 0 spiro atoms. The van der Waals surface area contributed by atoms with Crippen molar-refractivity contribution in [1.82, 2.24) is 15.0 Å². The van der Waals surface area contributed by atoms with E-state index in [0.29, 0.717) is 12.8 Å². The van der Waals surface area contributed by atoms with Gasteiger partial charge in [-0.2, -0.15) is 0 Å². The maximum Gasteiger partial charge on any atom is 0.254 e. The lowest BCUT2D eigenvalue weighted by Gasteiger charge is -2.22. The average Bonchev–Trinajstić information content (AvgIpc) is 2.76. The summed E-state index contributed by atoms with van der Waals surface area (Å²) in [6.07, 6.45) is 3.10. The summed E-state index contributed by atoms with van der Waals surface area (Å²) >= 11 is 0. The molecule has 1 saturated heterocycles. The van der Waals surface area contributed by atoms with E-state index in [1.54, 1.807) is 0 Å². The zero-order chi connectivity index (χ0) is 17.3. The predicted octanol–water partition coefficient (Wildman–Crippen LogP) is 0.793. The van der Waals surface area contributed by atoms with E-state index in [1.807, 2.05) is 6.07 Å². The van der Waals surface area contributed by atoms with Gasteiger partial charge in [0.25, 0.3) is 11.8 Å². The van der Waals surface area contributed by atoms with Crippen molar-refractivity contribution < 1.29 is 14.4 Å². The molecule has 3 heterocycles. The molecule has 0 bridgehead atoms. The largest absolute Gasteiger partial charge is 0.370 e. The van der Waals surface area contributed by atoms with Gasteiger partial charge in [0.2, 0.25) is 0 Å². The Kier molecular flexibility index (Phi) is 4.51. The Morgan fingerprint density at radius 2 is 2.12 bits per heavy atom. The molecule has 0 aromatic carbocycles. The van der Waals surface area contributed by atoms with Crippen molar-refractivity contribution in [3.05, 3.63) is 23.4 Å². The van der Waals surface area contributed by atoms with Crippen LogP contribution in [-0.4, -0.2) is 52.7 Å². The summed E-state index contributed by atoms with van der Waals surface area (Å²) in [5, 5.41) is 5.78. The van der Waals surface area contributed by atoms with E-state index in [1.165, 1.54) is 29.6 Å². The summed E-state index contributed by atoms with van der Waals surface area (Å²) in [7, 11) is 1.53. The zero-order valence-corrected chi connectivity index (χ0v) is 14.0. The van der Waals surface area contributed by atoms with Crippen LogP contribution in [0.4, 0.5) is 5.82 Å². The number of amides is 2. The summed E-state index contributed by atoms with van der Waals surface area (Å²) in [6.45, 7) is 2.27. The zero-order valence-electron chi connectivity index (χ0n) is 14.0. The normalized spacial score (nSPS) is 20.2. The lowest BCUT2D eigenvalue weighted by atomic mass is 10.00. The Morgan fingerprint density at radius 3 is 2.88 bits per heavy atom. The molecule has 1 fully saturated rings. The summed E-state index contributed by atoms with van der Waals surface area (Å²) in [4.78, 5) is 40.5. The third-order valence-corrected chi connectivity index (χ3v) is 4.55. The second-order valence-corrected chi connectivity index (χ2v) is 6.39. The molecule has 1 unspecified atom stereocenters. The van der Waals surface area contributed by atoms with Gasteiger partial charge in [0.1, 0.15) is 18.3 Å². The van der Waals surface area contributed by atoms with Crippen LogP contribution in [0, 0.1) is 5.92 Å². The van der Waals surface area contributed by atoms with E-state index >= 15 is 0 Å². The van der Waals surface area contributed by atoms with E-state index in [9.17, 15) is 14.4 Å². The monoisotopic (exact) mass is 330 g/mol. The van der Waals surface area contributed by atoms with Crippen LogP contribution < -0.4 is 5.32 Å². The Bertz CT molecular complexity index is 688. The molecule has 1 aromatic heterocycles. The highest BCUT2D eigenvalue weighted by molar-refractivity contribution is 6.06. The van der Waals surface area contributed by atoms with Crippen LogP contribution in [-0.2, 0) is 27.2 Å². The molecule has 2 aliphatic heterocycles. The minimum absolute atomic E-state index is 0.0570. The Hall–Kier alpha value is -2.44. The Labute approximate surface area is 141 Å². The van der Waals surface area contributed by atoms with Crippen molar-refractivity contribution in [3.8, 4) is 0 Å². The SMILES string of the molecule is CC(=O)CN1C(=O)C(CCc2ccc3c(n2)NCCC3)C(=O)N1C. The second-order valence-electron chi connectivity index (χ2n) is 6.39. The number of nitrogens with zero attached hydrogens (tertiary/aromatic N) is 3. The maximum atomic E-state index is 12.4.